The lowest BCUT2D eigenvalue weighted by atomic mass is 10.0. The number of benzene rings is 1. The monoisotopic (exact) mass is 397 g/mol. The third-order valence-electron chi connectivity index (χ3n) is 5.19. The minimum absolute atomic E-state index is 0.0382. The highest BCUT2D eigenvalue weighted by molar-refractivity contribution is 8.00. The molecule has 6 nitrogen and oxygen atoms in total. The maximum atomic E-state index is 13.0. The van der Waals surface area contributed by atoms with Gasteiger partial charge in [0.2, 0.25) is 11.1 Å². The number of nitrogens with zero attached hydrogens (tertiary/aromatic N) is 4. The number of rotatable bonds is 9. The Hall–Kier alpha value is -2.33. The highest BCUT2D eigenvalue weighted by Gasteiger charge is 2.24. The number of aromatic nitrogens is 3. The molecule has 28 heavy (non-hydrogen) atoms. The van der Waals surface area contributed by atoms with Crippen LogP contribution in [0.4, 0.5) is 5.69 Å². The first-order chi connectivity index (χ1) is 13.7. The second-order valence-electron chi connectivity index (χ2n) is 7.25. The van der Waals surface area contributed by atoms with E-state index in [4.69, 9.17) is 5.26 Å². The summed E-state index contributed by atoms with van der Waals surface area (Å²) >= 11 is 1.36. The van der Waals surface area contributed by atoms with Gasteiger partial charge in [-0.25, -0.2) is 4.98 Å². The van der Waals surface area contributed by atoms with Gasteiger partial charge >= 0.3 is 0 Å². The van der Waals surface area contributed by atoms with Crippen LogP contribution in [0.3, 0.4) is 0 Å². The van der Waals surface area contributed by atoms with E-state index in [2.05, 4.69) is 21.3 Å². The molecule has 3 rings (SSSR count). The SMILES string of the molecule is CC(Sc1n[nH]c(CCC2CCCC2)n1)C(=O)N(CCC#N)c1ccccc1. The Bertz CT molecular complexity index is 795. The van der Waals surface area contributed by atoms with Crippen LogP contribution in [-0.4, -0.2) is 32.9 Å². The lowest BCUT2D eigenvalue weighted by Gasteiger charge is -2.24. The molecule has 1 aromatic carbocycles. The molecular weight excluding hydrogens is 370 g/mol. The highest BCUT2D eigenvalue weighted by Crippen LogP contribution is 2.29. The lowest BCUT2D eigenvalue weighted by molar-refractivity contribution is -0.117. The Morgan fingerprint density at radius 3 is 2.82 bits per heavy atom. The molecule has 0 bridgehead atoms. The molecule has 1 atom stereocenters. The average molecular weight is 398 g/mol. The molecule has 7 heteroatoms. The minimum Gasteiger partial charge on any atom is -0.310 e. The van der Waals surface area contributed by atoms with Gasteiger partial charge in [0.25, 0.3) is 0 Å². The molecule has 1 fully saturated rings. The highest BCUT2D eigenvalue weighted by atomic mass is 32.2. The molecule has 1 aromatic heterocycles. The van der Waals surface area contributed by atoms with Crippen molar-refractivity contribution in [3.05, 3.63) is 36.2 Å². The van der Waals surface area contributed by atoms with Crippen LogP contribution in [0.1, 0.15) is 51.3 Å². The number of carbonyl (C=O) groups is 1. The van der Waals surface area contributed by atoms with Crippen LogP contribution in [0.15, 0.2) is 35.5 Å². The standard InChI is InChI=1S/C21H27N5OS/c1-16(20(27)26(15-7-14-22)18-10-3-2-4-11-18)28-21-23-19(24-25-21)13-12-17-8-5-6-9-17/h2-4,10-11,16-17H,5-9,12-13,15H2,1H3,(H,23,24,25). The van der Waals surface area contributed by atoms with Crippen LogP contribution >= 0.6 is 11.8 Å². The van der Waals surface area contributed by atoms with Crippen LogP contribution in [-0.2, 0) is 11.2 Å². The zero-order valence-corrected chi connectivity index (χ0v) is 17.1. The van der Waals surface area contributed by atoms with Crippen molar-refractivity contribution in [1.29, 1.82) is 5.26 Å². The fourth-order valence-corrected chi connectivity index (χ4v) is 4.45. The van der Waals surface area contributed by atoms with Crippen LogP contribution in [0.2, 0.25) is 0 Å². The number of amides is 1. The van der Waals surface area contributed by atoms with E-state index in [0.29, 0.717) is 18.1 Å². The van der Waals surface area contributed by atoms with E-state index in [1.807, 2.05) is 37.3 Å². The van der Waals surface area contributed by atoms with E-state index in [1.165, 1.54) is 37.4 Å². The van der Waals surface area contributed by atoms with Crippen molar-refractivity contribution in [3.8, 4) is 6.07 Å². The Labute approximate surface area is 170 Å². The molecule has 1 unspecified atom stereocenters. The molecule has 1 N–H and O–H groups in total. The maximum Gasteiger partial charge on any atom is 0.240 e. The molecule has 1 heterocycles. The number of carbonyl (C=O) groups excluding carboxylic acids is 1. The number of nitriles is 1. The van der Waals surface area contributed by atoms with Gasteiger partial charge in [-0.15, -0.1) is 5.10 Å². The van der Waals surface area contributed by atoms with Gasteiger partial charge in [0.15, 0.2) is 0 Å². The van der Waals surface area contributed by atoms with Crippen molar-refractivity contribution in [2.75, 3.05) is 11.4 Å². The number of aryl methyl sites for hydroxylation is 1. The van der Waals surface area contributed by atoms with Crippen LogP contribution < -0.4 is 4.90 Å². The van der Waals surface area contributed by atoms with Gasteiger partial charge in [0.05, 0.1) is 17.7 Å². The van der Waals surface area contributed by atoms with Crippen LogP contribution in [0, 0.1) is 17.2 Å². The summed E-state index contributed by atoms with van der Waals surface area (Å²) in [5.41, 5.74) is 0.808. The second kappa shape index (κ2) is 10.3. The zero-order valence-electron chi connectivity index (χ0n) is 16.3. The predicted molar refractivity (Wildman–Crippen MR) is 111 cm³/mol. The third-order valence-corrected chi connectivity index (χ3v) is 6.13. The van der Waals surface area contributed by atoms with Crippen molar-refractivity contribution in [1.82, 2.24) is 15.2 Å². The van der Waals surface area contributed by atoms with E-state index < -0.39 is 0 Å². The van der Waals surface area contributed by atoms with Gasteiger partial charge in [-0.05, 0) is 31.4 Å². The number of thioether (sulfide) groups is 1. The fraction of sp³-hybridized carbons (Fsp3) is 0.524. The number of aromatic amines is 1. The van der Waals surface area contributed by atoms with E-state index in [1.54, 1.807) is 4.90 Å². The van der Waals surface area contributed by atoms with Crippen molar-refractivity contribution < 1.29 is 4.79 Å². The van der Waals surface area contributed by atoms with Gasteiger partial charge in [-0.2, -0.15) is 5.26 Å². The normalized spacial score (nSPS) is 15.3. The number of anilines is 1. The smallest absolute Gasteiger partial charge is 0.240 e. The number of hydrogen-bond donors (Lipinski definition) is 1. The summed E-state index contributed by atoms with van der Waals surface area (Å²) in [4.78, 5) is 19.2. The number of para-hydroxylation sites is 1. The quantitative estimate of drug-likeness (QED) is 0.636. The van der Waals surface area contributed by atoms with Gasteiger partial charge < -0.3 is 4.90 Å². The molecule has 148 valence electrons. The summed E-state index contributed by atoms with van der Waals surface area (Å²) in [6.45, 7) is 2.24. The topological polar surface area (TPSA) is 85.7 Å². The predicted octanol–water partition coefficient (Wildman–Crippen LogP) is 4.35. The molecule has 0 aliphatic heterocycles. The summed E-state index contributed by atoms with van der Waals surface area (Å²) < 4.78 is 0. The number of hydrogen-bond acceptors (Lipinski definition) is 5. The zero-order chi connectivity index (χ0) is 19.8. The first kappa shape index (κ1) is 20.4. The van der Waals surface area contributed by atoms with Crippen molar-refractivity contribution >= 4 is 23.4 Å². The summed E-state index contributed by atoms with van der Waals surface area (Å²) in [6, 6.07) is 11.6. The Morgan fingerprint density at radius 1 is 1.36 bits per heavy atom. The minimum atomic E-state index is -0.336. The van der Waals surface area contributed by atoms with E-state index in [-0.39, 0.29) is 11.2 Å². The van der Waals surface area contributed by atoms with E-state index in [0.717, 1.165) is 30.3 Å². The first-order valence-electron chi connectivity index (χ1n) is 9.98. The van der Waals surface area contributed by atoms with Crippen molar-refractivity contribution in [2.24, 2.45) is 5.92 Å². The Kier molecular flexibility index (Phi) is 7.49. The molecule has 1 aliphatic carbocycles. The van der Waals surface area contributed by atoms with E-state index in [9.17, 15) is 4.79 Å². The van der Waals surface area contributed by atoms with Gasteiger partial charge in [-0.1, -0.05) is 55.6 Å². The molecule has 0 radical (unpaired) electrons. The summed E-state index contributed by atoms with van der Waals surface area (Å²) in [7, 11) is 0. The van der Waals surface area contributed by atoms with E-state index >= 15 is 0 Å². The molecule has 1 amide bonds. The van der Waals surface area contributed by atoms with Gasteiger partial charge in [-0.3, -0.25) is 9.89 Å². The molecule has 0 spiro atoms. The van der Waals surface area contributed by atoms with Gasteiger partial charge in [0.1, 0.15) is 5.82 Å². The lowest BCUT2D eigenvalue weighted by Crippen LogP contribution is -2.37. The molecule has 1 saturated carbocycles. The third kappa shape index (κ3) is 5.59. The van der Waals surface area contributed by atoms with Crippen LogP contribution in [0.5, 0.6) is 0 Å². The fourth-order valence-electron chi connectivity index (χ4n) is 3.65. The van der Waals surface area contributed by atoms with Crippen molar-refractivity contribution in [2.45, 2.75) is 62.3 Å². The summed E-state index contributed by atoms with van der Waals surface area (Å²) in [5.74, 6) is 1.68. The van der Waals surface area contributed by atoms with Gasteiger partial charge in [0, 0.05) is 18.7 Å². The van der Waals surface area contributed by atoms with Crippen LogP contribution in [0.25, 0.3) is 0 Å². The molecule has 2 aromatic rings. The maximum absolute atomic E-state index is 13.0. The number of H-pyrrole nitrogens is 1. The summed E-state index contributed by atoms with van der Waals surface area (Å²) in [6.07, 6.45) is 7.74. The first-order valence-corrected chi connectivity index (χ1v) is 10.9. The largest absolute Gasteiger partial charge is 0.310 e. The summed E-state index contributed by atoms with van der Waals surface area (Å²) in [5, 5.41) is 16.5. The molecule has 0 saturated heterocycles. The Balaban J connectivity index is 1.58. The molecular formula is C21H27N5OS. The Morgan fingerprint density at radius 2 is 2.11 bits per heavy atom. The molecule has 1 aliphatic rings. The van der Waals surface area contributed by atoms with Crippen molar-refractivity contribution in [3.63, 3.8) is 0 Å². The second-order valence-corrected chi connectivity index (χ2v) is 8.56. The average Bonchev–Trinajstić information content (AvgIpc) is 3.39. The number of nitrogens with one attached hydrogen (secondary N) is 1.